The van der Waals surface area contributed by atoms with E-state index in [0.29, 0.717) is 40.6 Å². The highest BCUT2D eigenvalue weighted by Gasteiger charge is 2.24. The molecule has 0 saturated heterocycles. The SMILES string of the molecule is O=C(O)N[C@H]1CC[C@@H](SCc2nc3cc(OCC4CC4)cc(F)c3c(=O)[nH]2)CC1. The van der Waals surface area contributed by atoms with E-state index in [0.717, 1.165) is 38.5 Å². The number of carboxylic acid groups (broad SMARTS) is 1. The molecule has 2 saturated carbocycles. The van der Waals surface area contributed by atoms with Gasteiger partial charge < -0.3 is 20.1 Å². The molecule has 1 amide bonds. The fraction of sp³-hybridized carbons (Fsp3) is 0.550. The fourth-order valence-electron chi connectivity index (χ4n) is 3.64. The van der Waals surface area contributed by atoms with Crippen LogP contribution >= 0.6 is 11.8 Å². The lowest BCUT2D eigenvalue weighted by Crippen LogP contribution is -2.37. The molecule has 0 radical (unpaired) electrons. The second kappa shape index (κ2) is 8.61. The smallest absolute Gasteiger partial charge is 0.404 e. The second-order valence-electron chi connectivity index (χ2n) is 7.80. The summed E-state index contributed by atoms with van der Waals surface area (Å²) in [5, 5.41) is 11.7. The van der Waals surface area contributed by atoms with E-state index >= 15 is 0 Å². The monoisotopic (exact) mass is 421 g/mol. The number of ether oxygens (including phenoxy) is 1. The van der Waals surface area contributed by atoms with Gasteiger partial charge in [-0.05, 0) is 44.4 Å². The third-order valence-corrected chi connectivity index (χ3v) is 6.81. The number of hydrogen-bond acceptors (Lipinski definition) is 5. The Bertz CT molecular complexity index is 955. The average Bonchev–Trinajstić information content (AvgIpc) is 3.49. The van der Waals surface area contributed by atoms with Gasteiger partial charge in [0.1, 0.15) is 22.8 Å². The predicted molar refractivity (Wildman–Crippen MR) is 109 cm³/mol. The summed E-state index contributed by atoms with van der Waals surface area (Å²) in [5.74, 6) is 1.36. The molecule has 2 aliphatic carbocycles. The number of benzene rings is 1. The van der Waals surface area contributed by atoms with Crippen molar-refractivity contribution in [2.45, 2.75) is 55.6 Å². The maximum absolute atomic E-state index is 14.4. The highest BCUT2D eigenvalue weighted by Crippen LogP contribution is 2.32. The van der Waals surface area contributed by atoms with Crippen LogP contribution in [-0.2, 0) is 5.75 Å². The highest BCUT2D eigenvalue weighted by atomic mass is 32.2. The number of H-pyrrole nitrogens is 1. The number of amides is 1. The molecule has 2 fully saturated rings. The minimum absolute atomic E-state index is 0.0139. The van der Waals surface area contributed by atoms with Gasteiger partial charge in [-0.3, -0.25) is 4.79 Å². The number of halogens is 1. The molecule has 3 N–H and O–H groups in total. The molecule has 7 nitrogen and oxygen atoms in total. The number of fused-ring (bicyclic) bond motifs is 1. The second-order valence-corrected chi connectivity index (χ2v) is 9.09. The largest absolute Gasteiger partial charge is 0.493 e. The summed E-state index contributed by atoms with van der Waals surface area (Å²) in [5.41, 5.74) is -0.171. The van der Waals surface area contributed by atoms with E-state index < -0.39 is 17.5 Å². The van der Waals surface area contributed by atoms with Crippen molar-refractivity contribution in [2.24, 2.45) is 5.92 Å². The first-order valence-corrected chi connectivity index (χ1v) is 11.0. The zero-order chi connectivity index (χ0) is 20.4. The molecule has 0 spiro atoms. The minimum atomic E-state index is -0.980. The van der Waals surface area contributed by atoms with Crippen molar-refractivity contribution in [1.82, 2.24) is 15.3 Å². The number of aromatic nitrogens is 2. The van der Waals surface area contributed by atoms with Gasteiger partial charge in [-0.25, -0.2) is 14.2 Å². The van der Waals surface area contributed by atoms with E-state index in [1.807, 2.05) is 0 Å². The topological polar surface area (TPSA) is 104 Å². The number of carbonyl (C=O) groups is 1. The van der Waals surface area contributed by atoms with Crippen LogP contribution in [-0.4, -0.2) is 39.1 Å². The third kappa shape index (κ3) is 5.20. The van der Waals surface area contributed by atoms with Crippen LogP contribution in [0.5, 0.6) is 5.75 Å². The molecule has 1 aromatic carbocycles. The summed E-state index contributed by atoms with van der Waals surface area (Å²) < 4.78 is 20.0. The summed E-state index contributed by atoms with van der Waals surface area (Å²) in [6.07, 6.45) is 4.72. The van der Waals surface area contributed by atoms with Crippen LogP contribution in [0, 0.1) is 11.7 Å². The molecule has 0 bridgehead atoms. The molecule has 156 valence electrons. The Hall–Kier alpha value is -2.29. The number of rotatable bonds is 7. The van der Waals surface area contributed by atoms with Gasteiger partial charge in [0.05, 0.1) is 17.9 Å². The van der Waals surface area contributed by atoms with Gasteiger partial charge in [-0.15, -0.1) is 0 Å². The normalized spacial score (nSPS) is 21.8. The van der Waals surface area contributed by atoms with Crippen molar-refractivity contribution in [3.8, 4) is 5.75 Å². The molecule has 0 atom stereocenters. The van der Waals surface area contributed by atoms with Crippen molar-refractivity contribution in [2.75, 3.05) is 6.61 Å². The van der Waals surface area contributed by atoms with Gasteiger partial charge in [0.2, 0.25) is 0 Å². The van der Waals surface area contributed by atoms with Crippen LogP contribution in [0.2, 0.25) is 0 Å². The van der Waals surface area contributed by atoms with Gasteiger partial charge in [0.15, 0.2) is 0 Å². The molecule has 1 aromatic heterocycles. The van der Waals surface area contributed by atoms with E-state index in [2.05, 4.69) is 15.3 Å². The van der Waals surface area contributed by atoms with Crippen LogP contribution in [0.25, 0.3) is 10.9 Å². The van der Waals surface area contributed by atoms with Crippen molar-refractivity contribution in [1.29, 1.82) is 0 Å². The van der Waals surface area contributed by atoms with Crippen LogP contribution in [0.1, 0.15) is 44.3 Å². The van der Waals surface area contributed by atoms with Gasteiger partial charge in [0.25, 0.3) is 5.56 Å². The molecule has 0 unspecified atom stereocenters. The maximum atomic E-state index is 14.4. The zero-order valence-corrected chi connectivity index (χ0v) is 16.8. The van der Waals surface area contributed by atoms with Crippen molar-refractivity contribution >= 4 is 28.8 Å². The molecule has 9 heteroatoms. The number of nitrogens with zero attached hydrogens (tertiary/aromatic N) is 1. The van der Waals surface area contributed by atoms with E-state index in [4.69, 9.17) is 9.84 Å². The van der Waals surface area contributed by atoms with E-state index in [1.54, 1.807) is 17.8 Å². The quantitative estimate of drug-likeness (QED) is 0.630. The molecule has 1 heterocycles. The molecule has 2 aromatic rings. The average molecular weight is 421 g/mol. The molecule has 4 rings (SSSR count). The molecule has 29 heavy (non-hydrogen) atoms. The predicted octanol–water partition coefficient (Wildman–Crippen LogP) is 3.66. The van der Waals surface area contributed by atoms with Crippen LogP contribution in [0.15, 0.2) is 16.9 Å². The maximum Gasteiger partial charge on any atom is 0.404 e. The highest BCUT2D eigenvalue weighted by molar-refractivity contribution is 7.99. The summed E-state index contributed by atoms with van der Waals surface area (Å²) >= 11 is 1.69. The Balaban J connectivity index is 1.41. The Kier molecular flexibility index (Phi) is 5.94. The lowest BCUT2D eigenvalue weighted by atomic mass is 9.95. The van der Waals surface area contributed by atoms with Gasteiger partial charge >= 0.3 is 6.09 Å². The fourth-order valence-corrected chi connectivity index (χ4v) is 4.78. The summed E-state index contributed by atoms with van der Waals surface area (Å²) in [7, 11) is 0. The molecular weight excluding hydrogens is 397 g/mol. The third-order valence-electron chi connectivity index (χ3n) is 5.42. The zero-order valence-electron chi connectivity index (χ0n) is 15.9. The number of nitrogens with one attached hydrogen (secondary N) is 2. The Morgan fingerprint density at radius 1 is 1.28 bits per heavy atom. The standard InChI is InChI=1S/C20H24FN3O4S/c21-15-7-13(28-9-11-1-2-11)8-16-18(15)19(25)24-17(23-16)10-29-14-5-3-12(4-6-14)22-20(26)27/h7-8,11-12,14,22H,1-6,9-10H2,(H,26,27)(H,23,24,25)/t12-,14+. The molecule has 0 aliphatic heterocycles. The number of thioether (sulfide) groups is 1. The van der Waals surface area contributed by atoms with Crippen molar-refractivity contribution < 1.29 is 19.0 Å². The first-order chi connectivity index (χ1) is 14.0. The Labute approximate surface area is 171 Å². The van der Waals surface area contributed by atoms with E-state index in [1.165, 1.54) is 6.07 Å². The summed E-state index contributed by atoms with van der Waals surface area (Å²) in [6, 6.07) is 2.90. The van der Waals surface area contributed by atoms with Crippen LogP contribution in [0.3, 0.4) is 0 Å². The first kappa shape index (κ1) is 20.0. The van der Waals surface area contributed by atoms with E-state index in [9.17, 15) is 14.0 Å². The summed E-state index contributed by atoms with van der Waals surface area (Å²) in [4.78, 5) is 30.2. The lowest BCUT2D eigenvalue weighted by molar-refractivity contribution is 0.186. The van der Waals surface area contributed by atoms with Crippen LogP contribution < -0.4 is 15.6 Å². The number of aromatic amines is 1. The Morgan fingerprint density at radius 2 is 2.03 bits per heavy atom. The van der Waals surface area contributed by atoms with Crippen molar-refractivity contribution in [3.63, 3.8) is 0 Å². The summed E-state index contributed by atoms with van der Waals surface area (Å²) in [6.45, 7) is 0.566. The van der Waals surface area contributed by atoms with Gasteiger partial charge in [0, 0.05) is 23.4 Å². The van der Waals surface area contributed by atoms with Crippen LogP contribution in [0.4, 0.5) is 9.18 Å². The first-order valence-electron chi connectivity index (χ1n) is 9.94. The van der Waals surface area contributed by atoms with Crippen molar-refractivity contribution in [3.05, 3.63) is 34.1 Å². The van der Waals surface area contributed by atoms with Gasteiger partial charge in [-0.2, -0.15) is 11.8 Å². The van der Waals surface area contributed by atoms with E-state index in [-0.39, 0.29) is 11.4 Å². The lowest BCUT2D eigenvalue weighted by Gasteiger charge is -2.27. The number of hydrogen-bond donors (Lipinski definition) is 3. The molecule has 2 aliphatic rings. The van der Waals surface area contributed by atoms with Gasteiger partial charge in [-0.1, -0.05) is 0 Å². The Morgan fingerprint density at radius 3 is 2.72 bits per heavy atom. The minimum Gasteiger partial charge on any atom is -0.493 e. The molecular formula is C20H24FN3O4S.